The maximum Gasteiger partial charge on any atom is 0.273 e. The Labute approximate surface area is 111 Å². The van der Waals surface area contributed by atoms with Crippen LogP contribution in [0.2, 0.25) is 0 Å². The number of pyridine rings is 1. The number of carbonyl (C=O) groups is 1. The zero-order valence-electron chi connectivity index (χ0n) is 8.75. The summed E-state index contributed by atoms with van der Waals surface area (Å²) in [4.78, 5) is 16.8. The number of carbonyl (C=O) groups excluding carboxylic acids is 1. The second kappa shape index (κ2) is 6.86. The Hall–Kier alpha value is -0.750. The van der Waals surface area contributed by atoms with E-state index in [0.29, 0.717) is 4.47 Å². The van der Waals surface area contributed by atoms with E-state index in [9.17, 15) is 13.6 Å². The van der Waals surface area contributed by atoms with E-state index in [4.69, 9.17) is 11.6 Å². The van der Waals surface area contributed by atoms with Crippen molar-refractivity contribution >= 4 is 33.4 Å². The summed E-state index contributed by atoms with van der Waals surface area (Å²) < 4.78 is 25.1. The first-order chi connectivity index (χ1) is 8.06. The number of rotatable bonds is 5. The molecule has 0 aliphatic rings. The molecule has 7 heteroatoms. The summed E-state index contributed by atoms with van der Waals surface area (Å²) >= 11 is 8.63. The fraction of sp³-hybridized carbons (Fsp3) is 0.400. The lowest BCUT2D eigenvalue weighted by Crippen LogP contribution is -2.37. The van der Waals surface area contributed by atoms with Gasteiger partial charge in [0.25, 0.3) is 12.3 Å². The smallest absolute Gasteiger partial charge is 0.273 e. The number of hydrogen-bond donors (Lipinski definition) is 0. The van der Waals surface area contributed by atoms with Gasteiger partial charge in [-0.3, -0.25) is 4.79 Å². The molecule has 0 aromatic carbocycles. The Kier molecular flexibility index (Phi) is 5.77. The van der Waals surface area contributed by atoms with Crippen molar-refractivity contribution in [3.63, 3.8) is 0 Å². The van der Waals surface area contributed by atoms with E-state index in [1.54, 1.807) is 12.1 Å². The molecule has 0 atom stereocenters. The summed E-state index contributed by atoms with van der Waals surface area (Å²) in [6.45, 7) is -0.581. The molecule has 1 amide bonds. The van der Waals surface area contributed by atoms with Crippen LogP contribution in [0, 0.1) is 0 Å². The largest absolute Gasteiger partial charge is 0.330 e. The second-order valence-electron chi connectivity index (χ2n) is 3.17. The SMILES string of the molecule is O=C(c1ncccc1Br)N(CCCl)CC(F)F. The van der Waals surface area contributed by atoms with E-state index in [1.165, 1.54) is 6.20 Å². The molecule has 1 aromatic rings. The van der Waals surface area contributed by atoms with Gasteiger partial charge in [0.1, 0.15) is 5.69 Å². The van der Waals surface area contributed by atoms with Crippen LogP contribution in [-0.2, 0) is 0 Å². The van der Waals surface area contributed by atoms with Crippen LogP contribution >= 0.6 is 27.5 Å². The molecule has 0 unspecified atom stereocenters. The summed E-state index contributed by atoms with van der Waals surface area (Å²) in [5.41, 5.74) is 0.110. The lowest BCUT2D eigenvalue weighted by atomic mass is 10.3. The first-order valence-electron chi connectivity index (χ1n) is 4.80. The number of aromatic nitrogens is 1. The Morgan fingerprint density at radius 1 is 1.59 bits per heavy atom. The van der Waals surface area contributed by atoms with Gasteiger partial charge in [-0.2, -0.15) is 0 Å². The molecule has 94 valence electrons. The van der Waals surface area contributed by atoms with Crippen LogP contribution in [0.1, 0.15) is 10.5 Å². The van der Waals surface area contributed by atoms with Gasteiger partial charge < -0.3 is 4.90 Å². The molecule has 0 saturated carbocycles. The Morgan fingerprint density at radius 2 is 2.29 bits per heavy atom. The van der Waals surface area contributed by atoms with Gasteiger partial charge in [-0.25, -0.2) is 13.8 Å². The fourth-order valence-electron chi connectivity index (χ4n) is 1.24. The Morgan fingerprint density at radius 3 is 2.82 bits per heavy atom. The van der Waals surface area contributed by atoms with Gasteiger partial charge in [0.2, 0.25) is 0 Å². The Bertz CT molecular complexity index is 392. The summed E-state index contributed by atoms with van der Waals surface area (Å²) in [7, 11) is 0. The van der Waals surface area contributed by atoms with Crippen molar-refractivity contribution in [1.29, 1.82) is 0 Å². The molecule has 1 aromatic heterocycles. The van der Waals surface area contributed by atoms with Crippen molar-refractivity contribution in [2.24, 2.45) is 0 Å². The van der Waals surface area contributed by atoms with Crippen LogP contribution in [0.5, 0.6) is 0 Å². The highest BCUT2D eigenvalue weighted by Gasteiger charge is 2.21. The van der Waals surface area contributed by atoms with Gasteiger partial charge in [0.05, 0.1) is 6.54 Å². The predicted octanol–water partition coefficient (Wildman–Crippen LogP) is 2.79. The first kappa shape index (κ1) is 14.3. The minimum Gasteiger partial charge on any atom is -0.330 e. The van der Waals surface area contributed by atoms with E-state index in [0.717, 1.165) is 4.90 Å². The lowest BCUT2D eigenvalue weighted by molar-refractivity contribution is 0.0565. The summed E-state index contributed by atoms with van der Waals surface area (Å²) in [5.74, 6) is -0.457. The van der Waals surface area contributed by atoms with E-state index in [-0.39, 0.29) is 18.1 Å². The minimum atomic E-state index is -2.59. The van der Waals surface area contributed by atoms with Gasteiger partial charge in [0.15, 0.2) is 0 Å². The standard InChI is InChI=1S/C10H10BrClF2N2O/c11-7-2-1-4-15-9(7)10(17)16(5-3-12)6-8(13)14/h1-2,4,8H,3,5-6H2. The second-order valence-corrected chi connectivity index (χ2v) is 4.40. The normalized spacial score (nSPS) is 10.6. The van der Waals surface area contributed by atoms with E-state index >= 15 is 0 Å². The summed E-state index contributed by atoms with van der Waals surface area (Å²) in [5, 5.41) is 0. The molecule has 3 nitrogen and oxygen atoms in total. The fourth-order valence-corrected chi connectivity index (χ4v) is 1.87. The number of amides is 1. The predicted molar refractivity (Wildman–Crippen MR) is 64.6 cm³/mol. The molecule has 0 aliphatic carbocycles. The first-order valence-corrected chi connectivity index (χ1v) is 6.13. The molecule has 0 aliphatic heterocycles. The molecule has 0 spiro atoms. The number of nitrogens with zero attached hydrogens (tertiary/aromatic N) is 2. The van der Waals surface area contributed by atoms with Crippen molar-refractivity contribution in [3.8, 4) is 0 Å². The molecular weight excluding hydrogens is 317 g/mol. The highest BCUT2D eigenvalue weighted by atomic mass is 79.9. The molecule has 1 rings (SSSR count). The molecule has 17 heavy (non-hydrogen) atoms. The van der Waals surface area contributed by atoms with Gasteiger partial charge in [-0.05, 0) is 28.1 Å². The quantitative estimate of drug-likeness (QED) is 0.779. The number of alkyl halides is 3. The number of halogens is 4. The maximum atomic E-state index is 12.3. The lowest BCUT2D eigenvalue weighted by Gasteiger charge is -2.21. The van der Waals surface area contributed by atoms with Crippen molar-refractivity contribution < 1.29 is 13.6 Å². The number of hydrogen-bond acceptors (Lipinski definition) is 2. The van der Waals surface area contributed by atoms with Crippen LogP contribution in [0.15, 0.2) is 22.8 Å². The molecular formula is C10H10BrClF2N2O. The average Bonchev–Trinajstić information content (AvgIpc) is 2.28. The van der Waals surface area contributed by atoms with Crippen LogP contribution < -0.4 is 0 Å². The summed E-state index contributed by atoms with van der Waals surface area (Å²) in [6, 6.07) is 3.27. The van der Waals surface area contributed by atoms with Crippen molar-refractivity contribution in [2.45, 2.75) is 6.43 Å². The van der Waals surface area contributed by atoms with Crippen molar-refractivity contribution in [2.75, 3.05) is 19.0 Å². The zero-order chi connectivity index (χ0) is 12.8. The minimum absolute atomic E-state index is 0.0632. The third-order valence-electron chi connectivity index (χ3n) is 1.96. The monoisotopic (exact) mass is 326 g/mol. The van der Waals surface area contributed by atoms with Gasteiger partial charge in [-0.15, -0.1) is 11.6 Å². The van der Waals surface area contributed by atoms with Gasteiger partial charge in [0, 0.05) is 23.1 Å². The van der Waals surface area contributed by atoms with E-state index < -0.39 is 18.9 Å². The van der Waals surface area contributed by atoms with Crippen molar-refractivity contribution in [1.82, 2.24) is 9.88 Å². The summed E-state index contributed by atoms with van der Waals surface area (Å²) in [6.07, 6.45) is -1.16. The van der Waals surface area contributed by atoms with Crippen molar-refractivity contribution in [3.05, 3.63) is 28.5 Å². The third-order valence-corrected chi connectivity index (χ3v) is 2.77. The average molecular weight is 328 g/mol. The third kappa shape index (κ3) is 4.20. The van der Waals surface area contributed by atoms with Gasteiger partial charge in [-0.1, -0.05) is 0 Å². The molecule has 1 heterocycles. The molecule has 0 fully saturated rings. The molecule has 0 saturated heterocycles. The van der Waals surface area contributed by atoms with E-state index in [1.807, 2.05) is 0 Å². The highest BCUT2D eigenvalue weighted by molar-refractivity contribution is 9.10. The topological polar surface area (TPSA) is 33.2 Å². The van der Waals surface area contributed by atoms with Crippen LogP contribution in [-0.4, -0.2) is 41.2 Å². The van der Waals surface area contributed by atoms with Gasteiger partial charge >= 0.3 is 0 Å². The molecule has 0 radical (unpaired) electrons. The molecule has 0 bridgehead atoms. The van der Waals surface area contributed by atoms with Crippen LogP contribution in [0.4, 0.5) is 8.78 Å². The van der Waals surface area contributed by atoms with Crippen LogP contribution in [0.25, 0.3) is 0 Å². The Balaban J connectivity index is 2.88. The van der Waals surface area contributed by atoms with Crippen LogP contribution in [0.3, 0.4) is 0 Å². The molecule has 0 N–H and O–H groups in total. The highest BCUT2D eigenvalue weighted by Crippen LogP contribution is 2.16. The zero-order valence-corrected chi connectivity index (χ0v) is 11.1. The van der Waals surface area contributed by atoms with E-state index in [2.05, 4.69) is 20.9 Å². The maximum absolute atomic E-state index is 12.3.